The monoisotopic (exact) mass is 250 g/mol. The fraction of sp³-hybridized carbons (Fsp3) is 0.500. The van der Waals surface area contributed by atoms with Gasteiger partial charge in [0.2, 0.25) is 0 Å². The summed E-state index contributed by atoms with van der Waals surface area (Å²) in [4.78, 5) is 5.95. The maximum Gasteiger partial charge on any atom is 0.127 e. The topological polar surface area (TPSA) is 42.7 Å². The van der Waals surface area contributed by atoms with E-state index in [1.54, 1.807) is 11.3 Å². The number of hydrogen-bond donors (Lipinski definition) is 1. The van der Waals surface area contributed by atoms with Crippen LogP contribution in [0.2, 0.25) is 0 Å². The molecule has 0 bridgehead atoms. The zero-order chi connectivity index (χ0) is 12.6. The summed E-state index contributed by atoms with van der Waals surface area (Å²) in [7, 11) is 3.93. The Bertz CT molecular complexity index is 527. The molecule has 0 spiro atoms. The second-order valence-electron chi connectivity index (χ2n) is 4.25. The smallest absolute Gasteiger partial charge is 0.127 e. The molecular formula is C12H18N4S. The van der Waals surface area contributed by atoms with Crippen molar-refractivity contribution in [1.29, 1.82) is 0 Å². The van der Waals surface area contributed by atoms with Crippen LogP contribution in [0, 0.1) is 13.8 Å². The molecule has 5 heteroatoms. The molecule has 4 nitrogen and oxygen atoms in total. The van der Waals surface area contributed by atoms with Gasteiger partial charge in [-0.15, -0.1) is 11.3 Å². The molecule has 0 radical (unpaired) electrons. The molecule has 92 valence electrons. The lowest BCUT2D eigenvalue weighted by molar-refractivity contribution is 0.658. The summed E-state index contributed by atoms with van der Waals surface area (Å²) in [5.74, 6) is 0. The van der Waals surface area contributed by atoms with E-state index in [0.717, 1.165) is 22.0 Å². The number of aryl methyl sites for hydroxylation is 2. The average Bonchev–Trinajstić information content (AvgIpc) is 2.83. The van der Waals surface area contributed by atoms with Crippen LogP contribution in [0.25, 0.3) is 10.6 Å². The summed E-state index contributed by atoms with van der Waals surface area (Å²) >= 11 is 1.75. The molecule has 0 saturated heterocycles. The van der Waals surface area contributed by atoms with Crippen LogP contribution in [-0.4, -0.2) is 21.8 Å². The molecule has 2 aromatic rings. The predicted octanol–water partition coefficient (Wildman–Crippen LogP) is 2.44. The van der Waals surface area contributed by atoms with Crippen molar-refractivity contribution in [3.63, 3.8) is 0 Å². The Morgan fingerprint density at radius 2 is 2.12 bits per heavy atom. The third-order valence-electron chi connectivity index (χ3n) is 3.12. The SMILES string of the molecule is CNC(C)c1sc(-c2cnn(C)c2C)nc1C. The number of rotatable bonds is 3. The van der Waals surface area contributed by atoms with Gasteiger partial charge in [-0.2, -0.15) is 5.10 Å². The van der Waals surface area contributed by atoms with Gasteiger partial charge in [-0.3, -0.25) is 4.68 Å². The van der Waals surface area contributed by atoms with Crippen molar-refractivity contribution < 1.29 is 0 Å². The molecule has 1 unspecified atom stereocenters. The van der Waals surface area contributed by atoms with Crippen LogP contribution in [-0.2, 0) is 7.05 Å². The van der Waals surface area contributed by atoms with E-state index in [2.05, 4.69) is 36.2 Å². The fourth-order valence-electron chi connectivity index (χ4n) is 1.76. The Kier molecular flexibility index (Phi) is 3.31. The average molecular weight is 250 g/mol. The quantitative estimate of drug-likeness (QED) is 0.910. The molecule has 1 atom stereocenters. The standard InChI is InChI=1S/C12H18N4S/c1-7(13-4)11-8(2)15-12(17-11)10-6-14-16(5)9(10)3/h6-7,13H,1-5H3. The normalized spacial score (nSPS) is 13.0. The number of nitrogens with one attached hydrogen (secondary N) is 1. The molecule has 2 aromatic heterocycles. The Morgan fingerprint density at radius 3 is 2.65 bits per heavy atom. The minimum absolute atomic E-state index is 0.346. The Hall–Kier alpha value is -1.20. The van der Waals surface area contributed by atoms with Gasteiger partial charge >= 0.3 is 0 Å². The van der Waals surface area contributed by atoms with E-state index in [1.165, 1.54) is 4.88 Å². The van der Waals surface area contributed by atoms with Gasteiger partial charge in [-0.05, 0) is 27.8 Å². The minimum Gasteiger partial charge on any atom is -0.312 e. The largest absolute Gasteiger partial charge is 0.312 e. The molecule has 0 aliphatic carbocycles. The third kappa shape index (κ3) is 2.12. The zero-order valence-corrected chi connectivity index (χ0v) is 11.7. The molecule has 2 heterocycles. The van der Waals surface area contributed by atoms with E-state index < -0.39 is 0 Å². The van der Waals surface area contributed by atoms with E-state index >= 15 is 0 Å². The lowest BCUT2D eigenvalue weighted by atomic mass is 10.2. The summed E-state index contributed by atoms with van der Waals surface area (Å²) < 4.78 is 1.88. The molecule has 0 aliphatic heterocycles. The maximum absolute atomic E-state index is 4.65. The lowest BCUT2D eigenvalue weighted by Gasteiger charge is -2.06. The second kappa shape index (κ2) is 4.58. The van der Waals surface area contributed by atoms with Crippen molar-refractivity contribution in [2.45, 2.75) is 26.8 Å². The summed E-state index contributed by atoms with van der Waals surface area (Å²) in [6, 6.07) is 0.346. The fourth-order valence-corrected chi connectivity index (χ4v) is 2.95. The Morgan fingerprint density at radius 1 is 1.41 bits per heavy atom. The number of hydrogen-bond acceptors (Lipinski definition) is 4. The molecule has 17 heavy (non-hydrogen) atoms. The third-order valence-corrected chi connectivity index (χ3v) is 4.50. The van der Waals surface area contributed by atoms with Gasteiger partial charge in [-0.1, -0.05) is 0 Å². The molecule has 2 rings (SSSR count). The molecule has 0 fully saturated rings. The van der Waals surface area contributed by atoms with Gasteiger partial charge in [0.15, 0.2) is 0 Å². The van der Waals surface area contributed by atoms with Gasteiger partial charge in [-0.25, -0.2) is 4.98 Å². The van der Waals surface area contributed by atoms with Crippen molar-refractivity contribution in [3.8, 4) is 10.6 Å². The number of nitrogens with zero attached hydrogens (tertiary/aromatic N) is 3. The first-order valence-corrected chi connectivity index (χ1v) is 6.49. The van der Waals surface area contributed by atoms with E-state index in [4.69, 9.17) is 0 Å². The van der Waals surface area contributed by atoms with E-state index in [0.29, 0.717) is 6.04 Å². The molecule has 1 N–H and O–H groups in total. The minimum atomic E-state index is 0.346. The lowest BCUT2D eigenvalue weighted by Crippen LogP contribution is -2.11. The Balaban J connectivity index is 2.44. The van der Waals surface area contributed by atoms with E-state index in [-0.39, 0.29) is 0 Å². The number of aromatic nitrogens is 3. The van der Waals surface area contributed by atoms with Crippen LogP contribution >= 0.6 is 11.3 Å². The molecule has 0 saturated carbocycles. The van der Waals surface area contributed by atoms with Crippen LogP contribution < -0.4 is 5.32 Å². The molecule has 0 amide bonds. The van der Waals surface area contributed by atoms with Gasteiger partial charge in [0.05, 0.1) is 17.5 Å². The van der Waals surface area contributed by atoms with Crippen LogP contribution in [0.4, 0.5) is 0 Å². The van der Waals surface area contributed by atoms with Crippen LogP contribution in [0.5, 0.6) is 0 Å². The highest BCUT2D eigenvalue weighted by atomic mass is 32.1. The first-order valence-electron chi connectivity index (χ1n) is 5.68. The van der Waals surface area contributed by atoms with E-state index in [1.807, 2.05) is 25.0 Å². The van der Waals surface area contributed by atoms with Gasteiger partial charge in [0.1, 0.15) is 5.01 Å². The Labute approximate surface area is 106 Å². The van der Waals surface area contributed by atoms with Crippen molar-refractivity contribution in [2.24, 2.45) is 7.05 Å². The molecule has 0 aromatic carbocycles. The van der Waals surface area contributed by atoms with Crippen LogP contribution in [0.15, 0.2) is 6.20 Å². The van der Waals surface area contributed by atoms with Crippen molar-refractivity contribution in [3.05, 3.63) is 22.5 Å². The molecular weight excluding hydrogens is 232 g/mol. The summed E-state index contributed by atoms with van der Waals surface area (Å²) in [5.41, 5.74) is 3.40. The van der Waals surface area contributed by atoms with Crippen LogP contribution in [0.3, 0.4) is 0 Å². The molecule has 0 aliphatic rings. The van der Waals surface area contributed by atoms with Crippen molar-refractivity contribution in [2.75, 3.05) is 7.05 Å². The van der Waals surface area contributed by atoms with Crippen molar-refractivity contribution >= 4 is 11.3 Å². The van der Waals surface area contributed by atoms with Gasteiger partial charge in [0.25, 0.3) is 0 Å². The highest BCUT2D eigenvalue weighted by Crippen LogP contribution is 2.32. The first-order chi connectivity index (χ1) is 8.04. The summed E-state index contributed by atoms with van der Waals surface area (Å²) in [6.07, 6.45) is 1.89. The number of thiazole rings is 1. The second-order valence-corrected chi connectivity index (χ2v) is 5.28. The highest BCUT2D eigenvalue weighted by Gasteiger charge is 2.16. The zero-order valence-electron chi connectivity index (χ0n) is 10.9. The van der Waals surface area contributed by atoms with E-state index in [9.17, 15) is 0 Å². The maximum atomic E-state index is 4.65. The predicted molar refractivity (Wildman–Crippen MR) is 71.3 cm³/mol. The van der Waals surface area contributed by atoms with Gasteiger partial charge in [0, 0.05) is 23.7 Å². The highest BCUT2D eigenvalue weighted by molar-refractivity contribution is 7.15. The first kappa shape index (κ1) is 12.3. The summed E-state index contributed by atoms with van der Waals surface area (Å²) in [5, 5.41) is 8.58. The van der Waals surface area contributed by atoms with Crippen molar-refractivity contribution in [1.82, 2.24) is 20.1 Å². The van der Waals surface area contributed by atoms with Crippen LogP contribution in [0.1, 0.15) is 29.2 Å². The summed E-state index contributed by atoms with van der Waals surface area (Å²) in [6.45, 7) is 6.29. The van der Waals surface area contributed by atoms with Gasteiger partial charge < -0.3 is 5.32 Å².